The van der Waals surface area contributed by atoms with Gasteiger partial charge in [0.1, 0.15) is 10.6 Å². The standard InChI is InChI=1S/C16H14ClN3O6S/c1-4-5-19-15(22)9(14(21)18-16(19)27)6-8-10(20(23)24)7-11(25-2)13(26-3)12(8)17/h4,6-7H,1,5H2,2-3H3,(H,18,21,27). The first-order valence-corrected chi connectivity index (χ1v) is 8.14. The number of rotatable bonds is 6. The van der Waals surface area contributed by atoms with E-state index in [1.54, 1.807) is 0 Å². The normalized spacial score (nSPS) is 15.6. The Bertz CT molecular complexity index is 899. The summed E-state index contributed by atoms with van der Waals surface area (Å²) in [4.78, 5) is 36.7. The summed E-state index contributed by atoms with van der Waals surface area (Å²) < 4.78 is 10.2. The SMILES string of the molecule is C=CCN1C(=O)C(=Cc2c([N+](=O)[O-])cc(OC)c(OC)c2Cl)C(=O)NC1=S. The van der Waals surface area contributed by atoms with Crippen LogP contribution in [0.5, 0.6) is 11.5 Å². The van der Waals surface area contributed by atoms with Crippen molar-refractivity contribution in [3.63, 3.8) is 0 Å². The Hall–Kier alpha value is -2.98. The number of thiocarbonyl (C=S) groups is 1. The third-order valence-electron chi connectivity index (χ3n) is 3.61. The second kappa shape index (κ2) is 8.14. The lowest BCUT2D eigenvalue weighted by molar-refractivity contribution is -0.385. The summed E-state index contributed by atoms with van der Waals surface area (Å²) in [6.45, 7) is 3.57. The quantitative estimate of drug-likeness (QED) is 0.190. The van der Waals surface area contributed by atoms with Gasteiger partial charge in [0.25, 0.3) is 17.5 Å². The van der Waals surface area contributed by atoms with Crippen LogP contribution in [-0.4, -0.2) is 47.5 Å². The van der Waals surface area contributed by atoms with Crippen molar-refractivity contribution < 1.29 is 24.0 Å². The molecule has 1 aromatic carbocycles. The lowest BCUT2D eigenvalue weighted by atomic mass is 10.0. The number of carbonyl (C=O) groups is 2. The Morgan fingerprint density at radius 2 is 2.07 bits per heavy atom. The molecule has 0 radical (unpaired) electrons. The number of nitrogens with zero attached hydrogens (tertiary/aromatic N) is 2. The first-order valence-electron chi connectivity index (χ1n) is 7.35. The minimum absolute atomic E-state index is 0.0266. The number of nitrogens with one attached hydrogen (secondary N) is 1. The predicted octanol–water partition coefficient (Wildman–Crippen LogP) is 2.08. The van der Waals surface area contributed by atoms with Crippen LogP contribution in [0, 0.1) is 10.1 Å². The number of benzene rings is 1. The van der Waals surface area contributed by atoms with E-state index >= 15 is 0 Å². The highest BCUT2D eigenvalue weighted by atomic mass is 35.5. The number of carbonyl (C=O) groups excluding carboxylic acids is 2. The van der Waals surface area contributed by atoms with Gasteiger partial charge >= 0.3 is 0 Å². The van der Waals surface area contributed by atoms with Crippen molar-refractivity contribution in [2.45, 2.75) is 0 Å². The highest BCUT2D eigenvalue weighted by molar-refractivity contribution is 7.80. The van der Waals surface area contributed by atoms with Gasteiger partial charge in [-0.25, -0.2) is 0 Å². The van der Waals surface area contributed by atoms with Gasteiger partial charge in [0.2, 0.25) is 0 Å². The summed E-state index contributed by atoms with van der Waals surface area (Å²) in [6, 6.07) is 1.09. The zero-order valence-electron chi connectivity index (χ0n) is 14.3. The number of methoxy groups -OCH3 is 2. The maximum atomic E-state index is 12.6. The molecule has 2 rings (SSSR count). The van der Waals surface area contributed by atoms with Gasteiger partial charge in [-0.15, -0.1) is 6.58 Å². The van der Waals surface area contributed by atoms with Crippen LogP contribution in [0.2, 0.25) is 5.02 Å². The molecule has 27 heavy (non-hydrogen) atoms. The molecule has 1 fully saturated rings. The fourth-order valence-corrected chi connectivity index (χ4v) is 2.95. The number of hydrogen-bond donors (Lipinski definition) is 1. The monoisotopic (exact) mass is 411 g/mol. The maximum Gasteiger partial charge on any atom is 0.282 e. The van der Waals surface area contributed by atoms with Gasteiger partial charge < -0.3 is 9.47 Å². The molecule has 1 aliphatic heterocycles. The highest BCUT2D eigenvalue weighted by Crippen LogP contribution is 2.43. The Kier molecular flexibility index (Phi) is 6.13. The van der Waals surface area contributed by atoms with Gasteiger partial charge in [0, 0.05) is 6.54 Å². The summed E-state index contributed by atoms with van der Waals surface area (Å²) in [6.07, 6.45) is 2.45. The molecule has 2 amide bonds. The van der Waals surface area contributed by atoms with E-state index in [4.69, 9.17) is 33.3 Å². The minimum atomic E-state index is -0.800. The van der Waals surface area contributed by atoms with Crippen molar-refractivity contribution in [2.24, 2.45) is 0 Å². The molecule has 9 nitrogen and oxygen atoms in total. The second-order valence-electron chi connectivity index (χ2n) is 5.14. The van der Waals surface area contributed by atoms with E-state index in [-0.39, 0.29) is 39.3 Å². The van der Waals surface area contributed by atoms with Gasteiger partial charge in [-0.2, -0.15) is 0 Å². The lowest BCUT2D eigenvalue weighted by Gasteiger charge is -2.27. The Morgan fingerprint density at radius 1 is 1.41 bits per heavy atom. The number of nitro benzene ring substituents is 1. The first-order chi connectivity index (χ1) is 12.8. The van der Waals surface area contributed by atoms with Crippen molar-refractivity contribution in [2.75, 3.05) is 20.8 Å². The van der Waals surface area contributed by atoms with Crippen LogP contribution in [0.1, 0.15) is 5.56 Å². The molecule has 0 aliphatic carbocycles. The van der Waals surface area contributed by atoms with E-state index in [0.717, 1.165) is 17.0 Å². The van der Waals surface area contributed by atoms with Crippen molar-refractivity contribution in [1.82, 2.24) is 10.2 Å². The van der Waals surface area contributed by atoms with Crippen LogP contribution in [0.15, 0.2) is 24.3 Å². The second-order valence-corrected chi connectivity index (χ2v) is 5.90. The molecule has 1 saturated heterocycles. The van der Waals surface area contributed by atoms with Crippen LogP contribution in [0.3, 0.4) is 0 Å². The first kappa shape index (κ1) is 20.3. The highest BCUT2D eigenvalue weighted by Gasteiger charge is 2.34. The predicted molar refractivity (Wildman–Crippen MR) is 102 cm³/mol. The molecule has 11 heteroatoms. The fourth-order valence-electron chi connectivity index (χ4n) is 2.37. The Labute approximate surface area is 164 Å². The fraction of sp³-hybridized carbons (Fsp3) is 0.188. The van der Waals surface area contributed by atoms with Crippen molar-refractivity contribution in [3.8, 4) is 11.5 Å². The molecule has 142 valence electrons. The van der Waals surface area contributed by atoms with Crippen LogP contribution >= 0.6 is 23.8 Å². The topological polar surface area (TPSA) is 111 Å². The summed E-state index contributed by atoms with van der Waals surface area (Å²) in [5.74, 6) is -1.47. The lowest BCUT2D eigenvalue weighted by Crippen LogP contribution is -2.53. The smallest absolute Gasteiger partial charge is 0.282 e. The zero-order valence-corrected chi connectivity index (χ0v) is 15.8. The van der Waals surface area contributed by atoms with E-state index in [2.05, 4.69) is 11.9 Å². The third-order valence-corrected chi connectivity index (χ3v) is 4.31. The summed E-state index contributed by atoms with van der Waals surface area (Å²) >= 11 is 11.2. The number of amides is 2. The van der Waals surface area contributed by atoms with Gasteiger partial charge in [0.15, 0.2) is 16.6 Å². The molecule has 0 spiro atoms. The molecule has 1 N–H and O–H groups in total. The minimum Gasteiger partial charge on any atom is -0.493 e. The van der Waals surface area contributed by atoms with Gasteiger partial charge in [-0.05, 0) is 18.3 Å². The molecule has 1 heterocycles. The van der Waals surface area contributed by atoms with Crippen molar-refractivity contribution in [1.29, 1.82) is 0 Å². The third kappa shape index (κ3) is 3.76. The van der Waals surface area contributed by atoms with E-state index in [9.17, 15) is 19.7 Å². The summed E-state index contributed by atoms with van der Waals surface area (Å²) in [5.41, 5.74) is -1.01. The average Bonchev–Trinajstić information content (AvgIpc) is 2.62. The van der Waals surface area contributed by atoms with Gasteiger partial charge in [0.05, 0.1) is 30.8 Å². The van der Waals surface area contributed by atoms with Gasteiger partial charge in [-0.1, -0.05) is 17.7 Å². The molecule has 1 aliphatic rings. The summed E-state index contributed by atoms with van der Waals surface area (Å²) in [5, 5.41) is 13.5. The largest absolute Gasteiger partial charge is 0.493 e. The van der Waals surface area contributed by atoms with E-state index < -0.39 is 22.4 Å². The molecule has 0 atom stereocenters. The number of halogens is 1. The van der Waals surface area contributed by atoms with Crippen LogP contribution in [0.4, 0.5) is 5.69 Å². The number of hydrogen-bond acceptors (Lipinski definition) is 7. The number of ether oxygens (including phenoxy) is 2. The zero-order chi connectivity index (χ0) is 20.3. The molecular weight excluding hydrogens is 398 g/mol. The Morgan fingerprint density at radius 3 is 2.59 bits per heavy atom. The molecule has 0 aromatic heterocycles. The Balaban J connectivity index is 2.71. The molecule has 0 saturated carbocycles. The summed E-state index contributed by atoms with van der Waals surface area (Å²) in [7, 11) is 2.59. The van der Waals surface area contributed by atoms with Crippen molar-refractivity contribution in [3.05, 3.63) is 45.0 Å². The molecule has 0 unspecified atom stereocenters. The van der Waals surface area contributed by atoms with Crippen LogP contribution in [-0.2, 0) is 9.59 Å². The molecule has 1 aromatic rings. The van der Waals surface area contributed by atoms with Gasteiger partial charge in [-0.3, -0.25) is 29.9 Å². The molecule has 0 bridgehead atoms. The maximum absolute atomic E-state index is 12.6. The van der Waals surface area contributed by atoms with E-state index in [0.29, 0.717) is 0 Å². The molecular formula is C16H14ClN3O6S. The van der Waals surface area contributed by atoms with Crippen molar-refractivity contribution >= 4 is 52.5 Å². The number of nitro groups is 1. The van der Waals surface area contributed by atoms with E-state index in [1.807, 2.05) is 0 Å². The van der Waals surface area contributed by atoms with Crippen LogP contribution in [0.25, 0.3) is 6.08 Å². The van der Waals surface area contributed by atoms with E-state index in [1.165, 1.54) is 20.3 Å². The average molecular weight is 412 g/mol. The van der Waals surface area contributed by atoms with Crippen LogP contribution < -0.4 is 14.8 Å².